The van der Waals surface area contributed by atoms with Gasteiger partial charge in [0, 0.05) is 5.92 Å². The zero-order valence-corrected chi connectivity index (χ0v) is 16.5. The first kappa shape index (κ1) is 19.3. The van der Waals surface area contributed by atoms with E-state index in [1.54, 1.807) is 12.1 Å². The highest BCUT2D eigenvalue weighted by Crippen LogP contribution is 2.52. The second-order valence-electron chi connectivity index (χ2n) is 7.10. The molecule has 2 aromatic carbocycles. The van der Waals surface area contributed by atoms with E-state index in [0.29, 0.717) is 16.5 Å². The highest BCUT2D eigenvalue weighted by molar-refractivity contribution is 6.33. The number of carbonyl (C=O) groups excluding carboxylic acids is 1. The Morgan fingerprint density at radius 2 is 1.97 bits per heavy atom. The summed E-state index contributed by atoms with van der Waals surface area (Å²) in [6.45, 7) is -0.146. The number of aromatic carboxylic acids is 1. The largest absolute Gasteiger partial charge is 0.482 e. The van der Waals surface area contributed by atoms with Gasteiger partial charge in [0.25, 0.3) is 0 Å². The van der Waals surface area contributed by atoms with E-state index < -0.39 is 11.9 Å². The molecular formula is C22H20ClNO5. The lowest BCUT2D eigenvalue weighted by atomic mass is 9.75. The molecule has 0 spiro atoms. The van der Waals surface area contributed by atoms with Crippen molar-refractivity contribution < 1.29 is 24.2 Å². The maximum absolute atomic E-state index is 11.8. The lowest BCUT2D eigenvalue weighted by molar-refractivity contribution is -0.142. The van der Waals surface area contributed by atoms with E-state index in [2.05, 4.69) is 22.2 Å². The van der Waals surface area contributed by atoms with Crippen LogP contribution in [0.3, 0.4) is 0 Å². The first-order chi connectivity index (χ1) is 14.0. The number of benzene rings is 2. The summed E-state index contributed by atoms with van der Waals surface area (Å²) in [5.74, 6) is -0.660. The fourth-order valence-electron chi connectivity index (χ4n) is 4.16. The van der Waals surface area contributed by atoms with E-state index in [4.69, 9.17) is 16.3 Å². The van der Waals surface area contributed by atoms with Crippen LogP contribution in [0.4, 0.5) is 5.69 Å². The number of anilines is 1. The molecule has 0 amide bonds. The summed E-state index contributed by atoms with van der Waals surface area (Å²) in [7, 11) is 1.31. The van der Waals surface area contributed by atoms with Crippen LogP contribution in [0.2, 0.25) is 5.02 Å². The standard InChI is InChI=1S/C22H20ClNO5/c1-28-18(25)11-29-13-7-5-12(6-8-13)20-15-4-2-3-14(15)19-16(22(26)27)9-10-17(23)21(19)24-20/h2-3,5-10,14-15,20,24H,4,11H2,1H3,(H,26,27)/t14-,15+,20-/m1/s1. The molecule has 0 unspecified atom stereocenters. The normalized spacial score (nSPS) is 21.7. The van der Waals surface area contributed by atoms with Gasteiger partial charge in [0.05, 0.1) is 29.4 Å². The summed E-state index contributed by atoms with van der Waals surface area (Å²) in [6, 6.07) is 10.7. The molecule has 2 aromatic rings. The molecule has 1 aliphatic carbocycles. The van der Waals surface area contributed by atoms with Crippen molar-refractivity contribution in [2.75, 3.05) is 19.0 Å². The summed E-state index contributed by atoms with van der Waals surface area (Å²) < 4.78 is 9.99. The van der Waals surface area contributed by atoms with Gasteiger partial charge in [-0.2, -0.15) is 0 Å². The van der Waals surface area contributed by atoms with Crippen molar-refractivity contribution in [3.8, 4) is 5.75 Å². The van der Waals surface area contributed by atoms with Crippen molar-refractivity contribution in [2.45, 2.75) is 18.4 Å². The number of rotatable bonds is 5. The molecule has 29 heavy (non-hydrogen) atoms. The zero-order chi connectivity index (χ0) is 20.5. The van der Waals surface area contributed by atoms with Gasteiger partial charge in [0.2, 0.25) is 0 Å². The van der Waals surface area contributed by atoms with Crippen LogP contribution in [-0.4, -0.2) is 30.8 Å². The Bertz CT molecular complexity index is 985. The van der Waals surface area contributed by atoms with Gasteiger partial charge in [-0.1, -0.05) is 35.9 Å². The first-order valence-corrected chi connectivity index (χ1v) is 9.66. The first-order valence-electron chi connectivity index (χ1n) is 9.28. The van der Waals surface area contributed by atoms with Crippen molar-refractivity contribution in [2.24, 2.45) is 5.92 Å². The molecule has 1 aliphatic heterocycles. The molecule has 7 heteroatoms. The molecule has 2 aliphatic rings. The molecule has 2 N–H and O–H groups in total. The molecule has 150 valence electrons. The van der Waals surface area contributed by atoms with Gasteiger partial charge in [0.15, 0.2) is 6.61 Å². The third-order valence-corrected chi connectivity index (χ3v) is 5.84. The SMILES string of the molecule is COC(=O)COc1ccc([C@H]2Nc3c(Cl)ccc(C(=O)O)c3[C@@H]3C=CC[C@H]23)cc1. The Morgan fingerprint density at radius 3 is 2.66 bits per heavy atom. The highest BCUT2D eigenvalue weighted by Gasteiger charge is 2.40. The van der Waals surface area contributed by atoms with Crippen LogP contribution in [0.15, 0.2) is 48.6 Å². The summed E-state index contributed by atoms with van der Waals surface area (Å²) in [6.07, 6.45) is 5.02. The van der Waals surface area contributed by atoms with Crippen molar-refractivity contribution in [1.82, 2.24) is 0 Å². The van der Waals surface area contributed by atoms with E-state index >= 15 is 0 Å². The predicted molar refractivity (Wildman–Crippen MR) is 109 cm³/mol. The minimum absolute atomic E-state index is 0.0173. The van der Waals surface area contributed by atoms with Crippen molar-refractivity contribution in [3.63, 3.8) is 0 Å². The predicted octanol–water partition coefficient (Wildman–Crippen LogP) is 4.42. The lowest BCUT2D eigenvalue weighted by Crippen LogP contribution is -2.30. The van der Waals surface area contributed by atoms with Gasteiger partial charge in [-0.25, -0.2) is 9.59 Å². The fraction of sp³-hybridized carbons (Fsp3) is 0.273. The Labute approximate surface area is 173 Å². The quantitative estimate of drug-likeness (QED) is 0.557. The highest BCUT2D eigenvalue weighted by atomic mass is 35.5. The van der Waals surface area contributed by atoms with E-state index in [0.717, 1.165) is 17.5 Å². The minimum atomic E-state index is -0.954. The average Bonchev–Trinajstić information content (AvgIpc) is 3.22. The van der Waals surface area contributed by atoms with Crippen LogP contribution in [0.25, 0.3) is 0 Å². The van der Waals surface area contributed by atoms with Crippen molar-refractivity contribution in [1.29, 1.82) is 0 Å². The number of hydrogen-bond donors (Lipinski definition) is 2. The molecular weight excluding hydrogens is 394 g/mol. The zero-order valence-electron chi connectivity index (χ0n) is 15.7. The minimum Gasteiger partial charge on any atom is -0.482 e. The van der Waals surface area contributed by atoms with Gasteiger partial charge in [-0.15, -0.1) is 0 Å². The number of allylic oxidation sites excluding steroid dienone is 2. The third-order valence-electron chi connectivity index (χ3n) is 5.52. The van der Waals surface area contributed by atoms with Crippen LogP contribution in [0, 0.1) is 5.92 Å². The van der Waals surface area contributed by atoms with Gasteiger partial charge < -0.3 is 19.9 Å². The van der Waals surface area contributed by atoms with E-state index in [1.807, 2.05) is 24.3 Å². The number of hydrogen-bond acceptors (Lipinski definition) is 5. The van der Waals surface area contributed by atoms with Crippen LogP contribution in [0.5, 0.6) is 5.75 Å². The van der Waals surface area contributed by atoms with Crippen molar-refractivity contribution >= 4 is 29.2 Å². The van der Waals surface area contributed by atoms with Crippen LogP contribution in [-0.2, 0) is 9.53 Å². The smallest absolute Gasteiger partial charge is 0.343 e. The molecule has 0 aromatic heterocycles. The van der Waals surface area contributed by atoms with Crippen molar-refractivity contribution in [3.05, 3.63) is 70.3 Å². The maximum Gasteiger partial charge on any atom is 0.343 e. The van der Waals surface area contributed by atoms with E-state index in [9.17, 15) is 14.7 Å². The van der Waals surface area contributed by atoms with Gasteiger partial charge in [-0.3, -0.25) is 0 Å². The van der Waals surface area contributed by atoms with Crippen LogP contribution in [0.1, 0.15) is 39.9 Å². The monoisotopic (exact) mass is 413 g/mol. The number of nitrogens with one attached hydrogen (secondary N) is 1. The Kier molecular flexibility index (Phi) is 5.20. The molecule has 1 heterocycles. The number of halogens is 1. The molecule has 0 radical (unpaired) electrons. The number of fused-ring (bicyclic) bond motifs is 3. The summed E-state index contributed by atoms with van der Waals surface area (Å²) in [5, 5.41) is 13.6. The Morgan fingerprint density at radius 1 is 1.21 bits per heavy atom. The summed E-state index contributed by atoms with van der Waals surface area (Å²) in [4.78, 5) is 23.0. The topological polar surface area (TPSA) is 84.9 Å². The number of carboxylic acids is 1. The number of methoxy groups -OCH3 is 1. The maximum atomic E-state index is 11.8. The molecule has 0 bridgehead atoms. The number of ether oxygens (including phenoxy) is 2. The Balaban J connectivity index is 1.65. The molecule has 4 rings (SSSR count). The molecule has 0 saturated carbocycles. The summed E-state index contributed by atoms with van der Waals surface area (Å²) >= 11 is 6.43. The van der Waals surface area contributed by atoms with E-state index in [-0.39, 0.29) is 30.0 Å². The molecule has 3 atom stereocenters. The average molecular weight is 414 g/mol. The van der Waals surface area contributed by atoms with Gasteiger partial charge in [0.1, 0.15) is 5.75 Å². The Hall–Kier alpha value is -2.99. The molecule has 0 saturated heterocycles. The summed E-state index contributed by atoms with van der Waals surface area (Å²) in [5.41, 5.74) is 2.74. The second kappa shape index (κ2) is 7.79. The molecule has 6 nitrogen and oxygen atoms in total. The number of carbonyl (C=O) groups is 2. The van der Waals surface area contributed by atoms with E-state index in [1.165, 1.54) is 7.11 Å². The number of esters is 1. The molecule has 0 fully saturated rings. The lowest BCUT2D eigenvalue weighted by Gasteiger charge is -2.38. The third kappa shape index (κ3) is 3.56. The van der Waals surface area contributed by atoms with Crippen LogP contribution < -0.4 is 10.1 Å². The second-order valence-corrected chi connectivity index (χ2v) is 7.51. The number of carboxylic acid groups (broad SMARTS) is 1. The fourth-order valence-corrected chi connectivity index (χ4v) is 4.38. The van der Waals surface area contributed by atoms with Gasteiger partial charge >= 0.3 is 11.9 Å². The van der Waals surface area contributed by atoms with Crippen LogP contribution >= 0.6 is 11.6 Å². The van der Waals surface area contributed by atoms with Gasteiger partial charge in [-0.05, 0) is 47.7 Å².